The molecule has 0 aliphatic carbocycles. The van der Waals surface area contributed by atoms with Gasteiger partial charge < -0.3 is 0 Å². The molecule has 3 nitrogen and oxygen atoms in total. The number of imide groups is 1. The average Bonchev–Trinajstić information content (AvgIpc) is 1.96. The highest BCUT2D eigenvalue weighted by Gasteiger charge is 2.31. The lowest BCUT2D eigenvalue weighted by molar-refractivity contribution is -0.137. The lowest BCUT2D eigenvalue weighted by atomic mass is 9.85. The molecule has 1 heterocycles. The molecule has 0 spiro atoms. The zero-order valence-corrected chi connectivity index (χ0v) is 7.59. The molecule has 1 rings (SSSR count). The Labute approximate surface area is 72.5 Å². The molecule has 0 bridgehead atoms. The number of rotatable bonds is 0. The number of carbonyl (C=O) groups excluding carboxylic acids is 2. The fraction of sp³-hybridized carbons (Fsp3) is 0.778. The van der Waals surface area contributed by atoms with Crippen LogP contribution in [-0.2, 0) is 9.59 Å². The van der Waals surface area contributed by atoms with Gasteiger partial charge in [0.15, 0.2) is 0 Å². The van der Waals surface area contributed by atoms with Crippen LogP contribution in [-0.4, -0.2) is 11.8 Å². The van der Waals surface area contributed by atoms with Crippen LogP contribution in [0.5, 0.6) is 0 Å². The molecule has 2 amide bonds. The molecule has 0 atom stereocenters. The van der Waals surface area contributed by atoms with Gasteiger partial charge in [-0.2, -0.15) is 5.32 Å². The first kappa shape index (κ1) is 9.23. The molecule has 67 valence electrons. The summed E-state index contributed by atoms with van der Waals surface area (Å²) in [5.41, 5.74) is -0.434. The summed E-state index contributed by atoms with van der Waals surface area (Å²) in [6.45, 7) is 3.69. The van der Waals surface area contributed by atoms with Gasteiger partial charge in [-0.3, -0.25) is 9.59 Å². The summed E-state index contributed by atoms with van der Waals surface area (Å²) < 4.78 is 0. The SMILES string of the molecule is CC1(C)CCCCC(=O)[N]C1=O. The van der Waals surface area contributed by atoms with Crippen LogP contribution in [0.15, 0.2) is 0 Å². The lowest BCUT2D eigenvalue weighted by Gasteiger charge is -2.23. The molecular weight excluding hydrogens is 154 g/mol. The summed E-state index contributed by atoms with van der Waals surface area (Å²) in [6.07, 6.45) is 3.07. The molecule has 1 aliphatic rings. The minimum atomic E-state index is -0.434. The molecule has 0 unspecified atom stereocenters. The summed E-state index contributed by atoms with van der Waals surface area (Å²) >= 11 is 0. The predicted octanol–water partition coefficient (Wildman–Crippen LogP) is 1.24. The van der Waals surface area contributed by atoms with E-state index in [1.807, 2.05) is 13.8 Å². The first-order valence-electron chi connectivity index (χ1n) is 4.31. The van der Waals surface area contributed by atoms with Gasteiger partial charge >= 0.3 is 0 Å². The average molecular weight is 168 g/mol. The van der Waals surface area contributed by atoms with Crippen molar-refractivity contribution in [2.24, 2.45) is 5.41 Å². The standard InChI is InChI=1S/C9H14NO2/c1-9(2)6-4-3-5-7(11)10-8(9)12/h3-6H2,1-2H3. The number of amides is 2. The maximum absolute atomic E-state index is 11.3. The summed E-state index contributed by atoms with van der Waals surface area (Å²) in [6, 6.07) is 0. The molecule has 1 saturated heterocycles. The summed E-state index contributed by atoms with van der Waals surface area (Å²) in [5.74, 6) is -0.514. The Morgan fingerprint density at radius 1 is 1.25 bits per heavy atom. The van der Waals surface area contributed by atoms with Crippen molar-refractivity contribution < 1.29 is 9.59 Å². The van der Waals surface area contributed by atoms with Gasteiger partial charge in [-0.1, -0.05) is 20.3 Å². The Morgan fingerprint density at radius 2 is 1.92 bits per heavy atom. The van der Waals surface area contributed by atoms with Crippen molar-refractivity contribution in [2.75, 3.05) is 0 Å². The van der Waals surface area contributed by atoms with Crippen molar-refractivity contribution in [3.63, 3.8) is 0 Å². The van der Waals surface area contributed by atoms with E-state index in [0.717, 1.165) is 19.3 Å². The maximum atomic E-state index is 11.3. The second kappa shape index (κ2) is 3.25. The van der Waals surface area contributed by atoms with E-state index in [9.17, 15) is 9.59 Å². The van der Waals surface area contributed by atoms with Crippen LogP contribution in [0.4, 0.5) is 0 Å². The smallest absolute Gasteiger partial charge is 0.254 e. The van der Waals surface area contributed by atoms with E-state index in [-0.39, 0.29) is 11.8 Å². The van der Waals surface area contributed by atoms with Gasteiger partial charge in [0.1, 0.15) is 0 Å². The quantitative estimate of drug-likeness (QED) is 0.511. The number of hydrogen-bond donors (Lipinski definition) is 0. The second-order valence-corrected chi connectivity index (χ2v) is 3.90. The minimum absolute atomic E-state index is 0.257. The van der Waals surface area contributed by atoms with Crippen LogP contribution in [0.2, 0.25) is 0 Å². The third-order valence-corrected chi connectivity index (χ3v) is 2.25. The van der Waals surface area contributed by atoms with Crippen molar-refractivity contribution in [3.05, 3.63) is 0 Å². The Kier molecular flexibility index (Phi) is 2.50. The Balaban J connectivity index is 2.67. The van der Waals surface area contributed by atoms with Crippen molar-refractivity contribution in [3.8, 4) is 0 Å². The Morgan fingerprint density at radius 3 is 2.58 bits per heavy atom. The van der Waals surface area contributed by atoms with E-state index in [0.29, 0.717) is 6.42 Å². The van der Waals surface area contributed by atoms with Gasteiger partial charge in [-0.05, 0) is 12.8 Å². The normalized spacial score (nSPS) is 24.2. The van der Waals surface area contributed by atoms with Crippen LogP contribution < -0.4 is 5.32 Å². The second-order valence-electron chi connectivity index (χ2n) is 3.90. The maximum Gasteiger partial charge on any atom is 0.254 e. The first-order valence-corrected chi connectivity index (χ1v) is 4.31. The topological polar surface area (TPSA) is 48.2 Å². The molecule has 0 aromatic heterocycles. The van der Waals surface area contributed by atoms with E-state index < -0.39 is 5.41 Å². The Bertz CT molecular complexity index is 209. The highest BCUT2D eigenvalue weighted by molar-refractivity contribution is 5.97. The minimum Gasteiger partial charge on any atom is -0.273 e. The molecule has 0 N–H and O–H groups in total. The third kappa shape index (κ3) is 2.06. The van der Waals surface area contributed by atoms with Gasteiger partial charge in [0.05, 0.1) is 0 Å². The monoisotopic (exact) mass is 168 g/mol. The molecule has 12 heavy (non-hydrogen) atoms. The first-order chi connectivity index (χ1) is 5.52. The number of hydrogen-bond acceptors (Lipinski definition) is 2. The third-order valence-electron chi connectivity index (χ3n) is 2.25. The van der Waals surface area contributed by atoms with E-state index in [4.69, 9.17) is 0 Å². The van der Waals surface area contributed by atoms with Crippen molar-refractivity contribution in [2.45, 2.75) is 39.5 Å². The Hall–Kier alpha value is -0.860. The fourth-order valence-electron chi connectivity index (χ4n) is 1.27. The molecule has 3 heteroatoms. The van der Waals surface area contributed by atoms with Gasteiger partial charge in [-0.15, -0.1) is 0 Å². The molecule has 0 saturated carbocycles. The van der Waals surface area contributed by atoms with Crippen LogP contribution in [0.3, 0.4) is 0 Å². The van der Waals surface area contributed by atoms with Crippen LogP contribution >= 0.6 is 0 Å². The zero-order valence-electron chi connectivity index (χ0n) is 7.59. The van der Waals surface area contributed by atoms with Crippen LogP contribution in [0.25, 0.3) is 0 Å². The number of nitrogens with zero attached hydrogens (tertiary/aromatic N) is 1. The molecule has 1 aliphatic heterocycles. The van der Waals surface area contributed by atoms with Gasteiger partial charge in [-0.25, -0.2) is 0 Å². The highest BCUT2D eigenvalue weighted by atomic mass is 16.2. The van der Waals surface area contributed by atoms with Crippen molar-refractivity contribution >= 4 is 11.8 Å². The predicted molar refractivity (Wildman–Crippen MR) is 44.4 cm³/mol. The van der Waals surface area contributed by atoms with E-state index >= 15 is 0 Å². The summed E-state index contributed by atoms with van der Waals surface area (Å²) in [4.78, 5) is 22.3. The summed E-state index contributed by atoms with van der Waals surface area (Å²) in [5, 5.41) is 3.51. The number of carbonyl (C=O) groups is 2. The molecular formula is C9H14NO2. The van der Waals surface area contributed by atoms with E-state index in [1.165, 1.54) is 0 Å². The lowest BCUT2D eigenvalue weighted by Crippen LogP contribution is -2.36. The van der Waals surface area contributed by atoms with Crippen molar-refractivity contribution in [1.82, 2.24) is 5.32 Å². The molecule has 0 aromatic carbocycles. The molecule has 0 aromatic rings. The highest BCUT2D eigenvalue weighted by Crippen LogP contribution is 2.25. The van der Waals surface area contributed by atoms with Gasteiger partial charge in [0.25, 0.3) is 5.91 Å². The van der Waals surface area contributed by atoms with Crippen LogP contribution in [0.1, 0.15) is 39.5 Å². The van der Waals surface area contributed by atoms with Gasteiger partial charge in [0, 0.05) is 11.8 Å². The van der Waals surface area contributed by atoms with Crippen molar-refractivity contribution in [1.29, 1.82) is 0 Å². The molecule has 1 fully saturated rings. The summed E-state index contributed by atoms with van der Waals surface area (Å²) in [7, 11) is 0. The van der Waals surface area contributed by atoms with E-state index in [2.05, 4.69) is 5.32 Å². The fourth-order valence-corrected chi connectivity index (χ4v) is 1.27. The van der Waals surface area contributed by atoms with Gasteiger partial charge in [0.2, 0.25) is 5.91 Å². The zero-order chi connectivity index (χ0) is 9.19. The van der Waals surface area contributed by atoms with Crippen LogP contribution in [0, 0.1) is 5.41 Å². The molecule has 1 radical (unpaired) electrons. The van der Waals surface area contributed by atoms with E-state index in [1.54, 1.807) is 0 Å². The largest absolute Gasteiger partial charge is 0.273 e.